The van der Waals surface area contributed by atoms with E-state index in [1.165, 1.54) is 0 Å². The monoisotopic (exact) mass is 230 g/mol. The SMILES string of the molecule is NCC(CC(=O)O)c1ccc2ncccc2c1. The van der Waals surface area contributed by atoms with Gasteiger partial charge >= 0.3 is 5.97 Å². The van der Waals surface area contributed by atoms with Crippen molar-refractivity contribution >= 4 is 16.9 Å². The first-order valence-electron chi connectivity index (χ1n) is 5.47. The van der Waals surface area contributed by atoms with Crippen LogP contribution in [0.5, 0.6) is 0 Å². The molecule has 2 aromatic rings. The molecule has 1 aromatic heterocycles. The highest BCUT2D eigenvalue weighted by Gasteiger charge is 2.14. The Morgan fingerprint density at radius 3 is 2.94 bits per heavy atom. The number of nitrogens with zero attached hydrogens (tertiary/aromatic N) is 1. The highest BCUT2D eigenvalue weighted by atomic mass is 16.4. The summed E-state index contributed by atoms with van der Waals surface area (Å²) < 4.78 is 0. The van der Waals surface area contributed by atoms with Gasteiger partial charge in [-0.15, -0.1) is 0 Å². The Hall–Kier alpha value is -1.94. The van der Waals surface area contributed by atoms with Crippen molar-refractivity contribution in [3.8, 4) is 0 Å². The Balaban J connectivity index is 2.37. The van der Waals surface area contributed by atoms with Crippen molar-refractivity contribution in [2.75, 3.05) is 6.54 Å². The fourth-order valence-corrected chi connectivity index (χ4v) is 1.90. The normalized spacial score (nSPS) is 12.5. The van der Waals surface area contributed by atoms with Crippen LogP contribution >= 0.6 is 0 Å². The molecule has 0 spiro atoms. The Morgan fingerprint density at radius 2 is 2.24 bits per heavy atom. The molecular formula is C13H14N2O2. The van der Waals surface area contributed by atoms with Crippen molar-refractivity contribution in [3.63, 3.8) is 0 Å². The highest BCUT2D eigenvalue weighted by Crippen LogP contribution is 2.22. The maximum absolute atomic E-state index is 10.7. The van der Waals surface area contributed by atoms with Crippen LogP contribution in [0.4, 0.5) is 0 Å². The van der Waals surface area contributed by atoms with Crippen LogP contribution in [0.15, 0.2) is 36.5 Å². The zero-order valence-electron chi connectivity index (χ0n) is 9.34. The van der Waals surface area contributed by atoms with E-state index in [-0.39, 0.29) is 12.3 Å². The van der Waals surface area contributed by atoms with E-state index in [1.54, 1.807) is 6.20 Å². The van der Waals surface area contributed by atoms with Gasteiger partial charge in [0.25, 0.3) is 0 Å². The van der Waals surface area contributed by atoms with E-state index in [2.05, 4.69) is 4.98 Å². The lowest BCUT2D eigenvalue weighted by atomic mass is 9.94. The third-order valence-electron chi connectivity index (χ3n) is 2.80. The number of aliphatic carboxylic acids is 1. The Kier molecular flexibility index (Phi) is 3.35. The van der Waals surface area contributed by atoms with Crippen LogP contribution < -0.4 is 5.73 Å². The van der Waals surface area contributed by atoms with E-state index in [9.17, 15) is 4.79 Å². The van der Waals surface area contributed by atoms with E-state index >= 15 is 0 Å². The van der Waals surface area contributed by atoms with Gasteiger partial charge in [0, 0.05) is 17.5 Å². The molecular weight excluding hydrogens is 216 g/mol. The van der Waals surface area contributed by atoms with Crippen molar-refractivity contribution in [2.45, 2.75) is 12.3 Å². The second kappa shape index (κ2) is 4.93. The summed E-state index contributed by atoms with van der Waals surface area (Å²) in [5, 5.41) is 9.83. The van der Waals surface area contributed by atoms with Gasteiger partial charge in [-0.3, -0.25) is 9.78 Å². The fourth-order valence-electron chi connectivity index (χ4n) is 1.90. The van der Waals surface area contributed by atoms with Crippen molar-refractivity contribution in [1.29, 1.82) is 0 Å². The van der Waals surface area contributed by atoms with Gasteiger partial charge in [-0.2, -0.15) is 0 Å². The molecule has 1 unspecified atom stereocenters. The second-order valence-corrected chi connectivity index (χ2v) is 3.99. The number of carboxylic acid groups (broad SMARTS) is 1. The number of hydrogen-bond acceptors (Lipinski definition) is 3. The third kappa shape index (κ3) is 2.60. The lowest BCUT2D eigenvalue weighted by Gasteiger charge is -2.13. The van der Waals surface area contributed by atoms with E-state index in [0.717, 1.165) is 16.5 Å². The van der Waals surface area contributed by atoms with E-state index in [4.69, 9.17) is 10.8 Å². The quantitative estimate of drug-likeness (QED) is 0.839. The molecule has 4 nitrogen and oxygen atoms in total. The predicted octanol–water partition coefficient (Wildman–Crippen LogP) is 1.75. The summed E-state index contributed by atoms with van der Waals surface area (Å²) in [4.78, 5) is 15.0. The summed E-state index contributed by atoms with van der Waals surface area (Å²) in [6, 6.07) is 9.58. The van der Waals surface area contributed by atoms with E-state index < -0.39 is 5.97 Å². The second-order valence-electron chi connectivity index (χ2n) is 3.99. The van der Waals surface area contributed by atoms with Crippen LogP contribution in [-0.4, -0.2) is 22.6 Å². The van der Waals surface area contributed by atoms with Gasteiger partial charge in [0.1, 0.15) is 0 Å². The number of carbonyl (C=O) groups is 1. The first kappa shape index (κ1) is 11.5. The van der Waals surface area contributed by atoms with E-state index in [1.807, 2.05) is 30.3 Å². The number of nitrogens with two attached hydrogens (primary N) is 1. The number of pyridine rings is 1. The van der Waals surface area contributed by atoms with Crippen LogP contribution in [0.3, 0.4) is 0 Å². The van der Waals surface area contributed by atoms with Crippen LogP contribution in [0.2, 0.25) is 0 Å². The number of benzene rings is 1. The molecule has 88 valence electrons. The van der Waals surface area contributed by atoms with Crippen LogP contribution in [0.25, 0.3) is 10.9 Å². The summed E-state index contributed by atoms with van der Waals surface area (Å²) in [6.07, 6.45) is 1.79. The molecule has 0 radical (unpaired) electrons. The summed E-state index contributed by atoms with van der Waals surface area (Å²) >= 11 is 0. The Bertz CT molecular complexity index is 540. The zero-order valence-corrected chi connectivity index (χ0v) is 9.34. The van der Waals surface area contributed by atoms with Gasteiger partial charge in [0.2, 0.25) is 0 Å². The average molecular weight is 230 g/mol. The molecule has 4 heteroatoms. The molecule has 0 amide bonds. The zero-order chi connectivity index (χ0) is 12.3. The van der Waals surface area contributed by atoms with Crippen molar-refractivity contribution < 1.29 is 9.90 Å². The molecule has 2 rings (SSSR count). The number of fused-ring (bicyclic) bond motifs is 1. The molecule has 0 saturated heterocycles. The van der Waals surface area contributed by atoms with Crippen LogP contribution in [0, 0.1) is 0 Å². The number of aromatic nitrogens is 1. The van der Waals surface area contributed by atoms with Crippen molar-refractivity contribution in [2.24, 2.45) is 5.73 Å². The topological polar surface area (TPSA) is 76.2 Å². The molecule has 0 saturated carbocycles. The van der Waals surface area contributed by atoms with E-state index in [0.29, 0.717) is 6.54 Å². The van der Waals surface area contributed by atoms with Crippen LogP contribution in [-0.2, 0) is 4.79 Å². The summed E-state index contributed by atoms with van der Waals surface area (Å²) in [5.74, 6) is -0.969. The molecule has 0 aliphatic heterocycles. The first-order valence-corrected chi connectivity index (χ1v) is 5.47. The minimum atomic E-state index is -0.827. The molecule has 1 aromatic carbocycles. The highest BCUT2D eigenvalue weighted by molar-refractivity contribution is 5.79. The summed E-state index contributed by atoms with van der Waals surface area (Å²) in [6.45, 7) is 0.331. The minimum Gasteiger partial charge on any atom is -0.481 e. The molecule has 0 aliphatic rings. The third-order valence-corrected chi connectivity index (χ3v) is 2.80. The number of carboxylic acids is 1. The smallest absolute Gasteiger partial charge is 0.304 e. The van der Waals surface area contributed by atoms with Gasteiger partial charge in [0.05, 0.1) is 11.9 Å². The molecule has 3 N–H and O–H groups in total. The molecule has 0 aliphatic carbocycles. The largest absolute Gasteiger partial charge is 0.481 e. The van der Waals surface area contributed by atoms with Gasteiger partial charge in [-0.1, -0.05) is 12.1 Å². The lowest BCUT2D eigenvalue weighted by Crippen LogP contribution is -2.16. The van der Waals surface area contributed by atoms with Crippen LogP contribution in [0.1, 0.15) is 17.9 Å². The molecule has 17 heavy (non-hydrogen) atoms. The molecule has 0 fully saturated rings. The molecule has 1 heterocycles. The van der Waals surface area contributed by atoms with Gasteiger partial charge in [-0.25, -0.2) is 0 Å². The fraction of sp³-hybridized carbons (Fsp3) is 0.231. The number of rotatable bonds is 4. The standard InChI is InChI=1S/C13H14N2O2/c14-8-11(7-13(16)17)9-3-4-12-10(6-9)2-1-5-15-12/h1-6,11H,7-8,14H2,(H,16,17). The number of hydrogen-bond donors (Lipinski definition) is 2. The minimum absolute atomic E-state index is 0.0578. The van der Waals surface area contributed by atoms with Gasteiger partial charge in [-0.05, 0) is 30.3 Å². The van der Waals surface area contributed by atoms with Gasteiger partial charge in [0.15, 0.2) is 0 Å². The molecule has 0 bridgehead atoms. The maximum atomic E-state index is 10.7. The maximum Gasteiger partial charge on any atom is 0.304 e. The Morgan fingerprint density at radius 1 is 1.41 bits per heavy atom. The van der Waals surface area contributed by atoms with Crippen molar-refractivity contribution in [3.05, 3.63) is 42.1 Å². The Labute approximate surface area is 99.1 Å². The average Bonchev–Trinajstić information content (AvgIpc) is 2.35. The predicted molar refractivity (Wildman–Crippen MR) is 65.8 cm³/mol. The summed E-state index contributed by atoms with van der Waals surface area (Å²) in [7, 11) is 0. The van der Waals surface area contributed by atoms with Crippen molar-refractivity contribution in [1.82, 2.24) is 4.98 Å². The summed E-state index contributed by atoms with van der Waals surface area (Å²) in [5.41, 5.74) is 7.48. The first-order chi connectivity index (χ1) is 8.20. The van der Waals surface area contributed by atoms with Gasteiger partial charge < -0.3 is 10.8 Å². The molecule has 1 atom stereocenters. The lowest BCUT2D eigenvalue weighted by molar-refractivity contribution is -0.137.